The topological polar surface area (TPSA) is 51.8 Å². The van der Waals surface area contributed by atoms with E-state index in [0.29, 0.717) is 11.5 Å². The summed E-state index contributed by atoms with van der Waals surface area (Å²) in [7, 11) is 0. The highest BCUT2D eigenvalue weighted by molar-refractivity contribution is 9.10. The molecule has 0 amide bonds. The number of benzene rings is 2. The van der Waals surface area contributed by atoms with E-state index in [0.717, 1.165) is 21.1 Å². The number of aromatic nitrogens is 2. The van der Waals surface area contributed by atoms with Crippen LogP contribution in [0.1, 0.15) is 0 Å². The molecule has 0 saturated carbocycles. The molecule has 1 heterocycles. The lowest BCUT2D eigenvalue weighted by Crippen LogP contribution is -1.98. The average molecular weight is 300 g/mol. The van der Waals surface area contributed by atoms with E-state index >= 15 is 0 Å². The van der Waals surface area contributed by atoms with Crippen LogP contribution in [-0.2, 0) is 0 Å². The first-order valence-electron chi connectivity index (χ1n) is 5.53. The van der Waals surface area contributed by atoms with Gasteiger partial charge in [-0.05, 0) is 18.2 Å². The van der Waals surface area contributed by atoms with Gasteiger partial charge in [0.1, 0.15) is 5.69 Å². The van der Waals surface area contributed by atoms with E-state index in [2.05, 4.69) is 25.9 Å². The molecule has 0 fully saturated rings. The molecule has 18 heavy (non-hydrogen) atoms. The number of anilines is 1. The lowest BCUT2D eigenvalue weighted by molar-refractivity contribution is 1.30. The molecule has 0 aliphatic rings. The van der Waals surface area contributed by atoms with E-state index in [1.165, 1.54) is 0 Å². The summed E-state index contributed by atoms with van der Waals surface area (Å²) in [5.41, 5.74) is 9.31. The fourth-order valence-corrected chi connectivity index (χ4v) is 2.34. The highest BCUT2D eigenvalue weighted by Gasteiger charge is 2.10. The predicted molar refractivity (Wildman–Crippen MR) is 77.1 cm³/mol. The van der Waals surface area contributed by atoms with E-state index in [1.807, 2.05) is 48.5 Å². The van der Waals surface area contributed by atoms with Gasteiger partial charge in [0.05, 0.1) is 11.0 Å². The van der Waals surface area contributed by atoms with E-state index in [-0.39, 0.29) is 0 Å². The molecular weight excluding hydrogens is 290 g/mol. The van der Waals surface area contributed by atoms with Crippen LogP contribution in [0.25, 0.3) is 22.3 Å². The molecule has 0 spiro atoms. The Hall–Kier alpha value is -1.94. The van der Waals surface area contributed by atoms with Gasteiger partial charge in [-0.15, -0.1) is 0 Å². The zero-order valence-electron chi connectivity index (χ0n) is 9.47. The second-order valence-corrected chi connectivity index (χ2v) is 4.78. The number of para-hydroxylation sites is 2. The first-order valence-corrected chi connectivity index (χ1v) is 6.32. The largest absolute Gasteiger partial charge is 0.382 e. The molecule has 88 valence electrons. The van der Waals surface area contributed by atoms with Crippen LogP contribution in [0.15, 0.2) is 53.0 Å². The van der Waals surface area contributed by atoms with Crippen LogP contribution in [0.5, 0.6) is 0 Å². The van der Waals surface area contributed by atoms with Crippen molar-refractivity contribution in [1.29, 1.82) is 0 Å². The summed E-state index contributed by atoms with van der Waals surface area (Å²) < 4.78 is 0.960. The normalized spacial score (nSPS) is 10.7. The van der Waals surface area contributed by atoms with Gasteiger partial charge in [0.25, 0.3) is 0 Å². The second-order valence-electron chi connectivity index (χ2n) is 3.93. The van der Waals surface area contributed by atoms with Crippen LogP contribution in [0, 0.1) is 0 Å². The summed E-state index contributed by atoms with van der Waals surface area (Å²) >= 11 is 3.51. The first kappa shape index (κ1) is 11.2. The molecule has 0 saturated heterocycles. The maximum atomic E-state index is 5.99. The van der Waals surface area contributed by atoms with Gasteiger partial charge in [-0.3, -0.25) is 0 Å². The molecule has 2 N–H and O–H groups in total. The minimum absolute atomic E-state index is 0.445. The third-order valence-corrected chi connectivity index (χ3v) is 3.42. The van der Waals surface area contributed by atoms with E-state index < -0.39 is 0 Å². The summed E-state index contributed by atoms with van der Waals surface area (Å²) in [6, 6.07) is 15.6. The zero-order valence-corrected chi connectivity index (χ0v) is 11.1. The Morgan fingerprint density at radius 1 is 0.833 bits per heavy atom. The number of hydrogen-bond acceptors (Lipinski definition) is 3. The van der Waals surface area contributed by atoms with Crippen LogP contribution < -0.4 is 5.73 Å². The van der Waals surface area contributed by atoms with Crippen LogP contribution in [-0.4, -0.2) is 9.97 Å². The van der Waals surface area contributed by atoms with Crippen molar-refractivity contribution in [3.63, 3.8) is 0 Å². The first-order chi connectivity index (χ1) is 8.75. The number of rotatable bonds is 1. The Kier molecular flexibility index (Phi) is 2.72. The third kappa shape index (κ3) is 1.84. The Labute approximate surface area is 113 Å². The van der Waals surface area contributed by atoms with Gasteiger partial charge in [0.2, 0.25) is 0 Å². The van der Waals surface area contributed by atoms with Crippen molar-refractivity contribution in [1.82, 2.24) is 9.97 Å². The van der Waals surface area contributed by atoms with Gasteiger partial charge in [0.15, 0.2) is 5.82 Å². The fourth-order valence-electron chi connectivity index (χ4n) is 1.87. The van der Waals surface area contributed by atoms with Crippen LogP contribution in [0.2, 0.25) is 0 Å². The van der Waals surface area contributed by atoms with Crippen molar-refractivity contribution in [2.24, 2.45) is 0 Å². The molecule has 3 aromatic rings. The van der Waals surface area contributed by atoms with E-state index in [9.17, 15) is 0 Å². The standard InChI is InChI=1S/C14H10BrN3/c15-10-6-2-1-5-9(10)13-14(16)18-12-8-4-3-7-11(12)17-13/h1-8H,(H2,16,18). The van der Waals surface area contributed by atoms with Crippen molar-refractivity contribution < 1.29 is 0 Å². The van der Waals surface area contributed by atoms with Gasteiger partial charge in [-0.1, -0.05) is 46.3 Å². The lowest BCUT2D eigenvalue weighted by atomic mass is 10.1. The molecule has 0 bridgehead atoms. The third-order valence-electron chi connectivity index (χ3n) is 2.73. The maximum absolute atomic E-state index is 5.99. The zero-order chi connectivity index (χ0) is 12.5. The van der Waals surface area contributed by atoms with E-state index in [1.54, 1.807) is 0 Å². The van der Waals surface area contributed by atoms with E-state index in [4.69, 9.17) is 5.73 Å². The number of halogens is 1. The lowest BCUT2D eigenvalue weighted by Gasteiger charge is -2.07. The number of nitrogen functional groups attached to an aromatic ring is 1. The van der Waals surface area contributed by atoms with Crippen LogP contribution in [0.4, 0.5) is 5.82 Å². The molecule has 4 heteroatoms. The molecule has 3 nitrogen and oxygen atoms in total. The molecule has 1 aromatic heterocycles. The SMILES string of the molecule is Nc1nc2ccccc2nc1-c1ccccc1Br. The highest BCUT2D eigenvalue weighted by atomic mass is 79.9. The summed E-state index contributed by atoms with van der Waals surface area (Å²) in [6.07, 6.45) is 0. The van der Waals surface area contributed by atoms with Crippen molar-refractivity contribution in [3.05, 3.63) is 53.0 Å². The highest BCUT2D eigenvalue weighted by Crippen LogP contribution is 2.30. The van der Waals surface area contributed by atoms with Crippen LogP contribution >= 0.6 is 15.9 Å². The van der Waals surface area contributed by atoms with Crippen molar-refractivity contribution in [2.75, 3.05) is 5.73 Å². The quantitative estimate of drug-likeness (QED) is 0.746. The molecule has 0 unspecified atom stereocenters. The Morgan fingerprint density at radius 3 is 2.17 bits per heavy atom. The molecular formula is C14H10BrN3. The Balaban J connectivity index is 2.30. The molecule has 0 atom stereocenters. The maximum Gasteiger partial charge on any atom is 0.150 e. The smallest absolute Gasteiger partial charge is 0.150 e. The van der Waals surface area contributed by atoms with Gasteiger partial charge >= 0.3 is 0 Å². The molecule has 0 radical (unpaired) electrons. The Bertz CT molecular complexity index is 725. The average Bonchev–Trinajstić information content (AvgIpc) is 2.39. The van der Waals surface area contributed by atoms with Gasteiger partial charge in [-0.2, -0.15) is 0 Å². The fraction of sp³-hybridized carbons (Fsp3) is 0. The van der Waals surface area contributed by atoms with Crippen molar-refractivity contribution in [3.8, 4) is 11.3 Å². The number of nitrogens with zero attached hydrogens (tertiary/aromatic N) is 2. The minimum atomic E-state index is 0.445. The summed E-state index contributed by atoms with van der Waals surface area (Å²) in [5.74, 6) is 0.445. The summed E-state index contributed by atoms with van der Waals surface area (Å²) in [6.45, 7) is 0. The molecule has 3 rings (SSSR count). The van der Waals surface area contributed by atoms with Gasteiger partial charge in [0, 0.05) is 10.0 Å². The number of nitrogens with two attached hydrogens (primary N) is 1. The van der Waals surface area contributed by atoms with Crippen molar-refractivity contribution >= 4 is 32.8 Å². The minimum Gasteiger partial charge on any atom is -0.382 e. The number of fused-ring (bicyclic) bond motifs is 1. The Morgan fingerprint density at radius 2 is 1.44 bits per heavy atom. The molecule has 0 aliphatic heterocycles. The van der Waals surface area contributed by atoms with Crippen molar-refractivity contribution in [2.45, 2.75) is 0 Å². The molecule has 0 aliphatic carbocycles. The number of hydrogen-bond donors (Lipinski definition) is 1. The van der Waals surface area contributed by atoms with Gasteiger partial charge in [-0.25, -0.2) is 9.97 Å². The van der Waals surface area contributed by atoms with Crippen LogP contribution in [0.3, 0.4) is 0 Å². The molecule has 2 aromatic carbocycles. The summed E-state index contributed by atoms with van der Waals surface area (Å²) in [5, 5.41) is 0. The monoisotopic (exact) mass is 299 g/mol. The predicted octanol–water partition coefficient (Wildman–Crippen LogP) is 3.64. The van der Waals surface area contributed by atoms with Gasteiger partial charge < -0.3 is 5.73 Å². The summed E-state index contributed by atoms with van der Waals surface area (Å²) in [4.78, 5) is 8.98. The second kappa shape index (κ2) is 4.38.